The van der Waals surface area contributed by atoms with Crippen LogP contribution in [0, 0.1) is 0 Å². The van der Waals surface area contributed by atoms with E-state index in [1.165, 1.54) is 11.1 Å². The molecule has 0 bridgehead atoms. The molecule has 2 aromatic carbocycles. The minimum atomic E-state index is -0.0447. The maximum Gasteiger partial charge on any atom is 0.183 e. The maximum atomic E-state index is 5.08. The summed E-state index contributed by atoms with van der Waals surface area (Å²) in [4.78, 5) is 10.2. The van der Waals surface area contributed by atoms with Crippen molar-refractivity contribution in [2.24, 2.45) is 9.98 Å². The molecule has 26 heavy (non-hydrogen) atoms. The van der Waals surface area contributed by atoms with Crippen LogP contribution in [0.25, 0.3) is 0 Å². The predicted molar refractivity (Wildman–Crippen MR) is 113 cm³/mol. The van der Waals surface area contributed by atoms with Crippen LogP contribution >= 0.6 is 23.5 Å². The first-order chi connectivity index (χ1) is 12.8. The molecule has 134 valence electrons. The molecule has 6 heteroatoms. The fraction of sp³-hybridized carbons (Fsp3) is 0.300. The van der Waals surface area contributed by atoms with Crippen LogP contribution in [0.4, 0.5) is 0 Å². The van der Waals surface area contributed by atoms with E-state index >= 15 is 0 Å². The third-order valence-corrected chi connectivity index (χ3v) is 5.97. The molecule has 0 radical (unpaired) electrons. The van der Waals surface area contributed by atoms with Crippen molar-refractivity contribution in [2.45, 2.75) is 26.2 Å². The summed E-state index contributed by atoms with van der Waals surface area (Å²) in [5.74, 6) is 1.98. The number of hydrogen-bond donors (Lipinski definition) is 0. The molecular formula is C20H22N4S2. The lowest BCUT2D eigenvalue weighted by atomic mass is 10.2. The molecule has 0 N–H and O–H groups in total. The van der Waals surface area contributed by atoms with Gasteiger partial charge in [-0.1, -0.05) is 98.0 Å². The molecule has 4 nitrogen and oxygen atoms in total. The number of rotatable bonds is 4. The number of hydrazine groups is 1. The average Bonchev–Trinajstić information content (AvgIpc) is 3.24. The summed E-state index contributed by atoms with van der Waals surface area (Å²) in [5, 5.41) is 6.65. The van der Waals surface area contributed by atoms with E-state index < -0.39 is 0 Å². The van der Waals surface area contributed by atoms with Crippen LogP contribution in [0.15, 0.2) is 70.6 Å². The molecule has 0 saturated carbocycles. The van der Waals surface area contributed by atoms with E-state index in [1.54, 1.807) is 23.5 Å². The highest BCUT2D eigenvalue weighted by Gasteiger charge is 2.46. The second-order valence-corrected chi connectivity index (χ2v) is 8.41. The largest absolute Gasteiger partial charge is 0.229 e. The topological polar surface area (TPSA) is 31.2 Å². The number of nitrogens with zero attached hydrogens (tertiary/aromatic N) is 4. The second kappa shape index (κ2) is 7.76. The van der Waals surface area contributed by atoms with Gasteiger partial charge in [0.05, 0.1) is 0 Å². The number of benzene rings is 2. The van der Waals surface area contributed by atoms with Gasteiger partial charge in [-0.15, -0.1) is 0 Å². The lowest BCUT2D eigenvalue weighted by Gasteiger charge is -2.31. The number of aliphatic imine (C=N–C) groups is 2. The Kier molecular flexibility index (Phi) is 5.22. The second-order valence-electron chi connectivity index (χ2n) is 5.95. The van der Waals surface area contributed by atoms with Crippen molar-refractivity contribution in [3.05, 3.63) is 71.8 Å². The summed E-state index contributed by atoms with van der Waals surface area (Å²) in [6.07, 6.45) is -0.0893. The monoisotopic (exact) mass is 382 g/mol. The fourth-order valence-electron chi connectivity index (χ4n) is 3.21. The molecule has 0 aromatic heterocycles. The van der Waals surface area contributed by atoms with Crippen molar-refractivity contribution < 1.29 is 0 Å². The highest BCUT2D eigenvalue weighted by Crippen LogP contribution is 2.45. The van der Waals surface area contributed by atoms with Crippen molar-refractivity contribution >= 4 is 33.9 Å². The van der Waals surface area contributed by atoms with Gasteiger partial charge in [0.15, 0.2) is 22.7 Å². The summed E-state index contributed by atoms with van der Waals surface area (Å²) in [6.45, 7) is 4.34. The fourth-order valence-corrected chi connectivity index (χ4v) is 4.72. The highest BCUT2D eigenvalue weighted by atomic mass is 32.2. The molecular weight excluding hydrogens is 360 g/mol. The first-order valence-corrected chi connectivity index (χ1v) is 10.9. The Morgan fingerprint density at radius 3 is 1.42 bits per heavy atom. The summed E-state index contributed by atoms with van der Waals surface area (Å²) in [6, 6.07) is 21.0. The molecule has 0 fully saturated rings. The zero-order chi connectivity index (χ0) is 17.9. The van der Waals surface area contributed by atoms with Gasteiger partial charge in [0, 0.05) is 0 Å². The van der Waals surface area contributed by atoms with E-state index in [2.05, 4.69) is 72.4 Å². The quantitative estimate of drug-likeness (QED) is 0.732. The Morgan fingerprint density at radius 1 is 0.692 bits per heavy atom. The molecule has 2 unspecified atom stereocenters. The third-order valence-electron chi connectivity index (χ3n) is 4.30. The van der Waals surface area contributed by atoms with Gasteiger partial charge in [-0.2, -0.15) is 0 Å². The standard InChI is InChI=1S/C20H22N4S2/c1-3-25-19-21-17(15-11-7-5-8-12-15)24-20(26-4-2)22-18(23(19)24)16-13-9-6-10-14-16/h5-14,17-18H,3-4H2,1-2H3. The Hall–Kier alpha value is -1.92. The Bertz CT molecular complexity index is 738. The summed E-state index contributed by atoms with van der Waals surface area (Å²) >= 11 is 3.57. The molecule has 2 aliphatic heterocycles. The molecule has 0 aliphatic carbocycles. The van der Waals surface area contributed by atoms with Gasteiger partial charge < -0.3 is 0 Å². The predicted octanol–water partition coefficient (Wildman–Crippen LogP) is 5.15. The number of hydrogen-bond acceptors (Lipinski definition) is 6. The van der Waals surface area contributed by atoms with Gasteiger partial charge >= 0.3 is 0 Å². The Labute approximate surface area is 163 Å². The summed E-state index contributed by atoms with van der Waals surface area (Å²) in [7, 11) is 0. The van der Waals surface area contributed by atoms with Crippen LogP contribution in [0.2, 0.25) is 0 Å². The van der Waals surface area contributed by atoms with Crippen LogP contribution in [0.1, 0.15) is 37.3 Å². The molecule has 2 heterocycles. The zero-order valence-electron chi connectivity index (χ0n) is 14.9. The van der Waals surface area contributed by atoms with Gasteiger partial charge in [-0.05, 0) is 22.6 Å². The van der Waals surface area contributed by atoms with Gasteiger partial charge in [0.25, 0.3) is 0 Å². The molecule has 2 atom stereocenters. The minimum absolute atomic E-state index is 0.0447. The highest BCUT2D eigenvalue weighted by molar-refractivity contribution is 8.14. The van der Waals surface area contributed by atoms with Gasteiger partial charge in [-0.25, -0.2) is 20.0 Å². The summed E-state index contributed by atoms with van der Waals surface area (Å²) in [5.41, 5.74) is 2.39. The Morgan fingerprint density at radius 2 is 1.08 bits per heavy atom. The molecule has 0 saturated heterocycles. The van der Waals surface area contributed by atoms with Crippen molar-refractivity contribution in [3.8, 4) is 0 Å². The van der Waals surface area contributed by atoms with Crippen molar-refractivity contribution in [3.63, 3.8) is 0 Å². The lowest BCUT2D eigenvalue weighted by molar-refractivity contribution is 0.105. The SMILES string of the molecule is CCSC1=NC(c2ccccc2)N2C(SCC)=NC(c3ccccc3)N12. The minimum Gasteiger partial charge on any atom is -0.229 e. The van der Waals surface area contributed by atoms with E-state index in [9.17, 15) is 0 Å². The van der Waals surface area contributed by atoms with Crippen LogP contribution in [0.5, 0.6) is 0 Å². The van der Waals surface area contributed by atoms with E-state index in [1.807, 2.05) is 12.1 Å². The Balaban J connectivity index is 1.77. The normalized spacial score (nSPS) is 21.6. The molecule has 2 aliphatic rings. The number of amidine groups is 2. The zero-order valence-corrected chi connectivity index (χ0v) is 16.6. The van der Waals surface area contributed by atoms with E-state index in [4.69, 9.17) is 9.98 Å². The van der Waals surface area contributed by atoms with Crippen LogP contribution in [-0.2, 0) is 0 Å². The van der Waals surface area contributed by atoms with Crippen LogP contribution in [0.3, 0.4) is 0 Å². The van der Waals surface area contributed by atoms with E-state index in [-0.39, 0.29) is 12.3 Å². The van der Waals surface area contributed by atoms with E-state index in [0.717, 1.165) is 21.8 Å². The number of fused-ring (bicyclic) bond motifs is 1. The lowest BCUT2D eigenvalue weighted by Crippen LogP contribution is -2.40. The smallest absolute Gasteiger partial charge is 0.183 e. The summed E-state index contributed by atoms with van der Waals surface area (Å²) < 4.78 is 0. The van der Waals surface area contributed by atoms with Gasteiger partial charge in [0.1, 0.15) is 0 Å². The van der Waals surface area contributed by atoms with Crippen LogP contribution in [-0.4, -0.2) is 31.9 Å². The average molecular weight is 383 g/mol. The molecule has 2 aromatic rings. The first-order valence-electron chi connectivity index (χ1n) is 8.93. The molecule has 0 spiro atoms. The van der Waals surface area contributed by atoms with E-state index in [0.29, 0.717) is 0 Å². The number of thioether (sulfide) groups is 2. The maximum absolute atomic E-state index is 5.08. The third kappa shape index (κ3) is 3.12. The van der Waals surface area contributed by atoms with Gasteiger partial charge in [-0.3, -0.25) is 0 Å². The first kappa shape index (κ1) is 17.5. The van der Waals surface area contributed by atoms with Crippen LogP contribution < -0.4 is 0 Å². The van der Waals surface area contributed by atoms with Crippen molar-refractivity contribution in [1.29, 1.82) is 0 Å². The van der Waals surface area contributed by atoms with Crippen molar-refractivity contribution in [2.75, 3.05) is 11.5 Å². The molecule has 0 amide bonds. The molecule has 4 rings (SSSR count). The van der Waals surface area contributed by atoms with Crippen molar-refractivity contribution in [1.82, 2.24) is 10.0 Å². The van der Waals surface area contributed by atoms with Gasteiger partial charge in [0.2, 0.25) is 0 Å².